The molecule has 1 heterocycles. The molecular formula is C12H18CuN4S+2. The summed E-state index contributed by atoms with van der Waals surface area (Å²) in [6.07, 6.45) is 3.99. The van der Waals surface area contributed by atoms with Gasteiger partial charge in [0.1, 0.15) is 0 Å². The molecule has 0 amide bonds. The van der Waals surface area contributed by atoms with Crippen molar-refractivity contribution in [2.45, 2.75) is 26.7 Å². The van der Waals surface area contributed by atoms with Crippen molar-refractivity contribution >= 4 is 23.0 Å². The van der Waals surface area contributed by atoms with Crippen molar-refractivity contribution < 1.29 is 17.1 Å². The summed E-state index contributed by atoms with van der Waals surface area (Å²) in [5, 5.41) is 7.81. The van der Waals surface area contributed by atoms with Gasteiger partial charge in [-0.3, -0.25) is 10.4 Å². The van der Waals surface area contributed by atoms with Gasteiger partial charge in [-0.1, -0.05) is 19.4 Å². The van der Waals surface area contributed by atoms with Crippen LogP contribution in [0.1, 0.15) is 32.4 Å². The summed E-state index contributed by atoms with van der Waals surface area (Å²) in [6.45, 7) is 4.91. The molecule has 0 atom stereocenters. The predicted molar refractivity (Wildman–Crippen MR) is 75.1 cm³/mol. The van der Waals surface area contributed by atoms with E-state index in [9.17, 15) is 0 Å². The summed E-state index contributed by atoms with van der Waals surface area (Å²) in [5.74, 6) is 0. The van der Waals surface area contributed by atoms with E-state index >= 15 is 0 Å². The third kappa shape index (κ3) is 6.69. The molecule has 0 aliphatic heterocycles. The number of hydrazone groups is 1. The van der Waals surface area contributed by atoms with Crippen LogP contribution in [0.25, 0.3) is 0 Å². The Balaban J connectivity index is 0.00000289. The minimum Gasteiger partial charge on any atom is -0.361 e. The van der Waals surface area contributed by atoms with Gasteiger partial charge in [-0.25, -0.2) is 0 Å². The molecule has 4 nitrogen and oxygen atoms in total. The molecule has 0 aliphatic carbocycles. The van der Waals surface area contributed by atoms with Gasteiger partial charge >= 0.3 is 17.1 Å². The fourth-order valence-electron chi connectivity index (χ4n) is 1.19. The molecule has 0 spiro atoms. The molecule has 0 saturated carbocycles. The monoisotopic (exact) mass is 313 g/mol. The summed E-state index contributed by atoms with van der Waals surface area (Å²) in [7, 11) is 0. The summed E-state index contributed by atoms with van der Waals surface area (Å²) >= 11 is 5.09. The van der Waals surface area contributed by atoms with Gasteiger partial charge in [0.05, 0.1) is 11.4 Å². The van der Waals surface area contributed by atoms with Crippen LogP contribution in [0, 0.1) is 0 Å². The first kappa shape index (κ1) is 17.0. The number of rotatable bonds is 5. The first-order valence-corrected chi connectivity index (χ1v) is 6.14. The van der Waals surface area contributed by atoms with E-state index in [4.69, 9.17) is 12.2 Å². The molecule has 0 saturated heterocycles. The third-order valence-corrected chi connectivity index (χ3v) is 2.41. The largest absolute Gasteiger partial charge is 2.00 e. The zero-order valence-corrected chi connectivity index (χ0v) is 12.3. The van der Waals surface area contributed by atoms with Crippen molar-refractivity contribution in [2.24, 2.45) is 5.10 Å². The second kappa shape index (κ2) is 10.00. The Morgan fingerprint density at radius 1 is 1.44 bits per heavy atom. The Labute approximate surface area is 124 Å². The van der Waals surface area contributed by atoms with E-state index < -0.39 is 0 Å². The van der Waals surface area contributed by atoms with Crippen molar-refractivity contribution in [2.75, 3.05) is 6.54 Å². The molecule has 6 heteroatoms. The first-order chi connectivity index (χ1) is 8.24. The molecule has 1 rings (SSSR count). The maximum absolute atomic E-state index is 5.09. The van der Waals surface area contributed by atoms with Crippen molar-refractivity contribution in [3.05, 3.63) is 30.1 Å². The fourth-order valence-corrected chi connectivity index (χ4v) is 1.33. The topological polar surface area (TPSA) is 49.3 Å². The number of unbranched alkanes of at least 4 members (excludes halogenated alkanes) is 1. The minimum atomic E-state index is 0. The standard InChI is InChI=1S/C12H18N4S.Cu/c1-3-4-8-14-12(17)16-15-10(2)11-7-5-6-9-13-11;/h5-7,9H,3-4,8H2,1-2H3,(H2,14,16,17);/q;+2. The van der Waals surface area contributed by atoms with E-state index in [1.54, 1.807) is 6.20 Å². The van der Waals surface area contributed by atoms with E-state index in [2.05, 4.69) is 27.8 Å². The van der Waals surface area contributed by atoms with Crippen LogP contribution < -0.4 is 10.7 Å². The second-order valence-electron chi connectivity index (χ2n) is 3.63. The third-order valence-electron chi connectivity index (χ3n) is 2.18. The van der Waals surface area contributed by atoms with Crippen molar-refractivity contribution in [1.82, 2.24) is 15.7 Å². The molecule has 18 heavy (non-hydrogen) atoms. The maximum Gasteiger partial charge on any atom is 2.00 e. The molecule has 0 bridgehead atoms. The molecule has 1 aromatic heterocycles. The van der Waals surface area contributed by atoms with E-state index in [1.165, 1.54) is 0 Å². The van der Waals surface area contributed by atoms with Gasteiger partial charge in [0.25, 0.3) is 0 Å². The molecule has 0 fully saturated rings. The van der Waals surface area contributed by atoms with Gasteiger partial charge in [-0.15, -0.1) is 0 Å². The first-order valence-electron chi connectivity index (χ1n) is 5.73. The van der Waals surface area contributed by atoms with Crippen LogP contribution in [0.3, 0.4) is 0 Å². The second-order valence-corrected chi connectivity index (χ2v) is 4.04. The molecule has 1 radical (unpaired) electrons. The number of nitrogens with one attached hydrogen (secondary N) is 2. The predicted octanol–water partition coefficient (Wildman–Crippen LogP) is 2.07. The van der Waals surface area contributed by atoms with Crippen molar-refractivity contribution in [3.8, 4) is 0 Å². The molecule has 2 N–H and O–H groups in total. The van der Waals surface area contributed by atoms with Crippen LogP contribution in [0.2, 0.25) is 0 Å². The summed E-state index contributed by atoms with van der Waals surface area (Å²) in [6, 6.07) is 5.72. The van der Waals surface area contributed by atoms with Gasteiger partial charge < -0.3 is 5.32 Å². The Hall–Kier alpha value is -0.971. The molecule has 1 aromatic rings. The van der Waals surface area contributed by atoms with Gasteiger partial charge in [0.15, 0.2) is 5.11 Å². The molecule has 0 aromatic carbocycles. The Kier molecular flexibility index (Phi) is 9.46. The number of hydrogen-bond acceptors (Lipinski definition) is 3. The van der Waals surface area contributed by atoms with E-state index in [1.807, 2.05) is 25.1 Å². The summed E-state index contributed by atoms with van der Waals surface area (Å²) in [5.41, 5.74) is 4.46. The van der Waals surface area contributed by atoms with E-state index in [-0.39, 0.29) is 17.1 Å². The maximum atomic E-state index is 5.09. The number of thiocarbonyl (C=S) groups is 1. The molecular weight excluding hydrogens is 296 g/mol. The number of hydrogen-bond donors (Lipinski definition) is 2. The number of pyridine rings is 1. The summed E-state index contributed by atoms with van der Waals surface area (Å²) < 4.78 is 0. The number of nitrogens with zero attached hydrogens (tertiary/aromatic N) is 2. The van der Waals surface area contributed by atoms with Crippen LogP contribution in [-0.4, -0.2) is 22.4 Å². The Bertz CT molecular complexity index is 381. The van der Waals surface area contributed by atoms with E-state index in [0.29, 0.717) is 5.11 Å². The summed E-state index contributed by atoms with van der Waals surface area (Å²) in [4.78, 5) is 4.20. The zero-order valence-electron chi connectivity index (χ0n) is 10.5. The molecule has 0 unspecified atom stereocenters. The SMILES string of the molecule is CCCCNC(=S)NN=C(C)c1ccccn1.[Cu+2]. The smallest absolute Gasteiger partial charge is 0.361 e. The van der Waals surface area contributed by atoms with Crippen molar-refractivity contribution in [1.29, 1.82) is 0 Å². The molecule has 0 aliphatic rings. The van der Waals surface area contributed by atoms with Crippen LogP contribution in [0.15, 0.2) is 29.5 Å². The van der Waals surface area contributed by atoms with Gasteiger partial charge in [-0.05, 0) is 37.7 Å². The van der Waals surface area contributed by atoms with Gasteiger partial charge in [0.2, 0.25) is 0 Å². The van der Waals surface area contributed by atoms with Crippen LogP contribution >= 0.6 is 12.2 Å². The van der Waals surface area contributed by atoms with Crippen LogP contribution in [0.4, 0.5) is 0 Å². The van der Waals surface area contributed by atoms with Crippen LogP contribution in [-0.2, 0) is 17.1 Å². The zero-order chi connectivity index (χ0) is 12.5. The normalized spacial score (nSPS) is 10.4. The van der Waals surface area contributed by atoms with Gasteiger partial charge in [-0.2, -0.15) is 5.10 Å². The fraction of sp³-hybridized carbons (Fsp3) is 0.417. The Morgan fingerprint density at radius 2 is 2.22 bits per heavy atom. The Morgan fingerprint density at radius 3 is 2.83 bits per heavy atom. The average Bonchev–Trinajstić information content (AvgIpc) is 2.37. The van der Waals surface area contributed by atoms with Crippen LogP contribution in [0.5, 0.6) is 0 Å². The van der Waals surface area contributed by atoms with E-state index in [0.717, 1.165) is 30.8 Å². The quantitative estimate of drug-likeness (QED) is 0.287. The molecule has 101 valence electrons. The minimum absolute atomic E-state index is 0. The average molecular weight is 314 g/mol. The van der Waals surface area contributed by atoms with Crippen molar-refractivity contribution in [3.63, 3.8) is 0 Å². The van der Waals surface area contributed by atoms with Gasteiger partial charge in [0, 0.05) is 12.7 Å². The number of aromatic nitrogens is 1.